The Morgan fingerprint density at radius 2 is 2.21 bits per heavy atom. The first-order chi connectivity index (χ1) is 18.8. The number of aliphatic carboxylic acids is 1. The highest BCUT2D eigenvalue weighted by molar-refractivity contribution is 8.03. The van der Waals surface area contributed by atoms with Crippen LogP contribution in [0, 0.1) is 0 Å². The Bertz CT molecular complexity index is 1350. The molecule has 0 unspecified atom stereocenters. The highest BCUT2D eigenvalue weighted by Crippen LogP contribution is 2.41. The maximum Gasteiger partial charge on any atom is 0.352 e. The van der Waals surface area contributed by atoms with Crippen molar-refractivity contribution >= 4 is 63.5 Å². The average Bonchev–Trinajstić information content (AvgIpc) is 3.54. The zero-order chi connectivity index (χ0) is 27.7. The van der Waals surface area contributed by atoms with Gasteiger partial charge < -0.3 is 31.6 Å². The lowest BCUT2D eigenvalue weighted by molar-refractivity contribution is -0.150. The minimum absolute atomic E-state index is 0.0711. The van der Waals surface area contributed by atoms with Gasteiger partial charge in [0.25, 0.3) is 11.8 Å². The number of amides is 2. The highest BCUT2D eigenvalue weighted by Gasteiger charge is 2.54. The molecule has 0 radical (unpaired) electrons. The Morgan fingerprint density at radius 3 is 2.90 bits per heavy atom. The topological polar surface area (TPSA) is 192 Å². The number of carbonyl (C=O) groups excluding carboxylic acids is 2. The van der Waals surface area contributed by atoms with Crippen molar-refractivity contribution < 1.29 is 24.3 Å². The van der Waals surface area contributed by atoms with Gasteiger partial charge in [-0.25, -0.2) is 14.8 Å². The molecule has 1 aromatic heterocycles. The summed E-state index contributed by atoms with van der Waals surface area (Å²) in [6.07, 6.45) is 7.56. The number of β-lactam (4-membered cyclic amide) rings is 1. The van der Waals surface area contributed by atoms with E-state index in [1.807, 2.05) is 34.5 Å². The number of rotatable bonds is 10. The molecule has 17 heteroatoms. The van der Waals surface area contributed by atoms with Crippen molar-refractivity contribution in [2.24, 2.45) is 10.9 Å². The van der Waals surface area contributed by atoms with Gasteiger partial charge in [-0.15, -0.1) is 34.9 Å². The Hall–Kier alpha value is -3.67. The van der Waals surface area contributed by atoms with E-state index < -0.39 is 29.2 Å². The van der Waals surface area contributed by atoms with Gasteiger partial charge in [-0.05, 0) is 17.7 Å². The number of hydrazine groups is 1. The summed E-state index contributed by atoms with van der Waals surface area (Å²) in [6.45, 7) is 0.841. The Labute approximate surface area is 235 Å². The van der Waals surface area contributed by atoms with E-state index in [2.05, 4.69) is 20.9 Å². The number of nitrogen functional groups attached to an aromatic ring is 1. The Morgan fingerprint density at radius 1 is 1.38 bits per heavy atom. The second-order valence-corrected chi connectivity index (χ2v) is 11.5. The lowest BCUT2D eigenvalue weighted by Gasteiger charge is -2.49. The minimum atomic E-state index is -1.20. The van der Waals surface area contributed by atoms with Crippen molar-refractivity contribution in [3.63, 3.8) is 0 Å². The molecule has 5 heterocycles. The van der Waals surface area contributed by atoms with Crippen molar-refractivity contribution in [1.29, 1.82) is 0 Å². The van der Waals surface area contributed by atoms with Crippen LogP contribution < -0.4 is 22.2 Å². The third-order valence-corrected chi connectivity index (χ3v) is 8.98. The molecule has 4 aliphatic rings. The summed E-state index contributed by atoms with van der Waals surface area (Å²) in [5, 5.41) is 20.4. The third-order valence-electron chi connectivity index (χ3n) is 5.99. The number of carboxylic acids is 1. The monoisotopic (exact) mass is 591 g/mol. The fraction of sp³-hybridized carbons (Fsp3) is 0.318. The largest absolute Gasteiger partial charge is 0.477 e. The number of aromatic nitrogens is 1. The second kappa shape index (κ2) is 11.2. The van der Waals surface area contributed by atoms with Crippen LogP contribution in [-0.4, -0.2) is 91.5 Å². The van der Waals surface area contributed by atoms with E-state index in [-0.39, 0.29) is 28.8 Å². The van der Waals surface area contributed by atoms with E-state index in [0.717, 1.165) is 27.9 Å². The van der Waals surface area contributed by atoms with Crippen LogP contribution >= 0.6 is 34.9 Å². The van der Waals surface area contributed by atoms with E-state index in [1.165, 1.54) is 23.8 Å². The van der Waals surface area contributed by atoms with Gasteiger partial charge in [-0.3, -0.25) is 19.9 Å². The molecular formula is C22H25N9O5S3. The van der Waals surface area contributed by atoms with Crippen molar-refractivity contribution in [2.45, 2.75) is 11.4 Å². The SMILES string of the molecule is CO/N=C(\C(=O)N[C@@H]1C(=O)N2C(C(=O)O)=C(CN3C=CN4NC(SCCN)=CC=C34)CS[C@@H]12)c1csc(N)n1. The van der Waals surface area contributed by atoms with Gasteiger partial charge in [0, 0.05) is 42.4 Å². The Balaban J connectivity index is 1.30. The molecule has 0 saturated carbocycles. The molecule has 0 aromatic carbocycles. The maximum atomic E-state index is 13.1. The van der Waals surface area contributed by atoms with E-state index in [4.69, 9.17) is 16.3 Å². The number of hydrogen-bond acceptors (Lipinski definition) is 14. The number of allylic oxidation sites excluding steroid dienone is 2. The van der Waals surface area contributed by atoms with E-state index in [0.29, 0.717) is 17.9 Å². The lowest BCUT2D eigenvalue weighted by Crippen LogP contribution is -2.71. The fourth-order valence-corrected chi connectivity index (χ4v) is 6.86. The van der Waals surface area contributed by atoms with Gasteiger partial charge in [-0.2, -0.15) is 0 Å². The summed E-state index contributed by atoms with van der Waals surface area (Å²) in [7, 11) is 1.28. The Kier molecular flexibility index (Phi) is 7.74. The molecule has 1 aromatic rings. The van der Waals surface area contributed by atoms with Crippen LogP contribution in [0.25, 0.3) is 0 Å². The molecule has 0 bridgehead atoms. The summed E-state index contributed by atoms with van der Waals surface area (Å²) in [4.78, 5) is 50.3. The maximum absolute atomic E-state index is 13.1. The van der Waals surface area contributed by atoms with Gasteiger partial charge in [-0.1, -0.05) is 5.16 Å². The molecule has 206 valence electrons. The van der Waals surface area contributed by atoms with Crippen molar-refractivity contribution in [3.8, 4) is 0 Å². The number of carboxylic acid groups (broad SMARTS) is 1. The number of thiazole rings is 1. The van der Waals surface area contributed by atoms with E-state index >= 15 is 0 Å². The normalized spacial score (nSPS) is 22.1. The highest BCUT2D eigenvalue weighted by atomic mass is 32.2. The van der Waals surface area contributed by atoms with Gasteiger partial charge in [0.1, 0.15) is 35.7 Å². The summed E-state index contributed by atoms with van der Waals surface area (Å²) >= 11 is 4.12. The third kappa shape index (κ3) is 5.17. The van der Waals surface area contributed by atoms with Gasteiger partial charge in [0.15, 0.2) is 10.8 Å². The number of thioether (sulfide) groups is 2. The fourth-order valence-electron chi connectivity index (χ4n) is 4.31. The van der Waals surface area contributed by atoms with Crippen LogP contribution in [-0.2, 0) is 19.2 Å². The van der Waals surface area contributed by atoms with Crippen LogP contribution in [0.1, 0.15) is 5.69 Å². The number of fused-ring (bicyclic) bond motifs is 2. The van der Waals surface area contributed by atoms with Crippen molar-refractivity contribution in [2.75, 3.05) is 37.4 Å². The molecule has 0 spiro atoms. The summed E-state index contributed by atoms with van der Waals surface area (Å²) in [5.74, 6) is -0.437. The number of nitrogens with one attached hydrogen (secondary N) is 2. The van der Waals surface area contributed by atoms with Crippen molar-refractivity contribution in [3.05, 3.63) is 57.7 Å². The van der Waals surface area contributed by atoms with Crippen LogP contribution in [0.15, 0.2) is 57.2 Å². The molecule has 4 aliphatic heterocycles. The molecule has 7 N–H and O–H groups in total. The molecule has 14 nitrogen and oxygen atoms in total. The first-order valence-electron chi connectivity index (χ1n) is 11.6. The first-order valence-corrected chi connectivity index (χ1v) is 14.5. The predicted molar refractivity (Wildman–Crippen MR) is 148 cm³/mol. The molecule has 1 fully saturated rings. The number of hydrogen-bond donors (Lipinski definition) is 5. The van der Waals surface area contributed by atoms with Crippen LogP contribution in [0.3, 0.4) is 0 Å². The quantitative estimate of drug-likeness (QED) is 0.137. The molecular weight excluding hydrogens is 567 g/mol. The molecule has 2 amide bonds. The average molecular weight is 592 g/mol. The summed E-state index contributed by atoms with van der Waals surface area (Å²) in [6, 6.07) is -0.932. The smallest absolute Gasteiger partial charge is 0.352 e. The number of nitrogens with two attached hydrogens (primary N) is 2. The van der Waals surface area contributed by atoms with Gasteiger partial charge >= 0.3 is 5.97 Å². The van der Waals surface area contributed by atoms with Crippen LogP contribution in [0.2, 0.25) is 0 Å². The predicted octanol–water partition coefficient (Wildman–Crippen LogP) is -0.204. The van der Waals surface area contributed by atoms with E-state index in [9.17, 15) is 19.5 Å². The number of oxime groups is 1. The zero-order valence-corrected chi connectivity index (χ0v) is 23.0. The van der Waals surface area contributed by atoms with Crippen molar-refractivity contribution in [1.82, 2.24) is 30.5 Å². The molecule has 2 atom stereocenters. The van der Waals surface area contributed by atoms with Crippen LogP contribution in [0.4, 0.5) is 5.13 Å². The minimum Gasteiger partial charge on any atom is -0.477 e. The molecule has 0 aliphatic carbocycles. The van der Waals surface area contributed by atoms with Gasteiger partial charge in [0.05, 0.1) is 5.03 Å². The number of carbonyl (C=O) groups is 3. The standard InChI is InChI=1S/C22H25N9O5S3/c1-36-28-15(12-10-39-22(24)25-12)18(32)26-16-19(33)31-17(21(34)35)11(9-38-20(16)31)8-29-5-6-30-14(29)3-2-13(27-30)37-7-4-23/h2-3,5-6,10,16,20,27H,4,7-9,23H2,1H3,(H2,24,25)(H,26,32)(H,34,35)/b28-15-/t16-,20+/m1/s1. The second-order valence-electron chi connectivity index (χ2n) is 8.41. The molecule has 5 rings (SSSR count). The first kappa shape index (κ1) is 26.9. The van der Waals surface area contributed by atoms with Gasteiger partial charge in [0.2, 0.25) is 0 Å². The number of anilines is 1. The zero-order valence-electron chi connectivity index (χ0n) is 20.6. The van der Waals surface area contributed by atoms with E-state index in [1.54, 1.807) is 17.1 Å². The van der Waals surface area contributed by atoms with Crippen LogP contribution in [0.5, 0.6) is 0 Å². The molecule has 39 heavy (non-hydrogen) atoms. The lowest BCUT2D eigenvalue weighted by atomic mass is 10.0. The summed E-state index contributed by atoms with van der Waals surface area (Å²) < 4.78 is 0. The molecule has 1 saturated heterocycles. The number of nitrogens with zero attached hydrogens (tertiary/aromatic N) is 5. The summed E-state index contributed by atoms with van der Waals surface area (Å²) in [5.41, 5.74) is 15.1.